The van der Waals surface area contributed by atoms with Crippen LogP contribution in [0.3, 0.4) is 0 Å². The number of para-hydroxylation sites is 1. The third-order valence-electron chi connectivity index (χ3n) is 2.72. The monoisotopic (exact) mass is 322 g/mol. The summed E-state index contributed by atoms with van der Waals surface area (Å²) in [7, 11) is 0. The van der Waals surface area contributed by atoms with Gasteiger partial charge in [0.15, 0.2) is 0 Å². The van der Waals surface area contributed by atoms with Crippen LogP contribution in [0.5, 0.6) is 0 Å². The van der Waals surface area contributed by atoms with Crippen molar-refractivity contribution in [3.63, 3.8) is 0 Å². The van der Waals surface area contributed by atoms with Crippen LogP contribution in [0.2, 0.25) is 0 Å². The van der Waals surface area contributed by atoms with Crippen molar-refractivity contribution < 1.29 is 9.18 Å². The first-order chi connectivity index (χ1) is 8.99. The zero-order chi connectivity index (χ0) is 14.0. The highest BCUT2D eigenvalue weighted by molar-refractivity contribution is 9.10. The Morgan fingerprint density at radius 3 is 2.68 bits per heavy atom. The number of anilines is 2. The van der Waals surface area contributed by atoms with Gasteiger partial charge in [0.2, 0.25) is 0 Å². The Kier molecular flexibility index (Phi) is 3.85. The lowest BCUT2D eigenvalue weighted by molar-refractivity contribution is 0.102. The molecule has 0 atom stereocenters. The molecule has 0 bridgehead atoms. The highest BCUT2D eigenvalue weighted by Crippen LogP contribution is 2.25. The third kappa shape index (κ3) is 2.93. The smallest absolute Gasteiger partial charge is 0.256 e. The molecule has 0 spiro atoms. The summed E-state index contributed by atoms with van der Waals surface area (Å²) in [5, 5.41) is 2.74. The molecule has 0 fully saturated rings. The molecule has 0 aliphatic carbocycles. The fraction of sp³-hybridized carbons (Fsp3) is 0.0714. The third-order valence-corrected chi connectivity index (χ3v) is 3.38. The lowest BCUT2D eigenvalue weighted by Crippen LogP contribution is -2.14. The van der Waals surface area contributed by atoms with Crippen molar-refractivity contribution >= 4 is 33.2 Å². The van der Waals surface area contributed by atoms with Gasteiger partial charge in [0.25, 0.3) is 5.91 Å². The highest BCUT2D eigenvalue weighted by Gasteiger charge is 2.13. The van der Waals surface area contributed by atoms with Crippen LogP contribution in [0.25, 0.3) is 0 Å². The van der Waals surface area contributed by atoms with Crippen LogP contribution in [0.15, 0.2) is 40.9 Å². The molecule has 2 aromatic carbocycles. The predicted molar refractivity (Wildman–Crippen MR) is 77.6 cm³/mol. The van der Waals surface area contributed by atoms with Gasteiger partial charge in [-0.2, -0.15) is 0 Å². The Morgan fingerprint density at radius 2 is 2.05 bits per heavy atom. The maximum absolute atomic E-state index is 13.0. The average Bonchev–Trinajstić information content (AvgIpc) is 2.33. The summed E-state index contributed by atoms with van der Waals surface area (Å²) in [5.41, 5.74) is 8.11. The number of aryl methyl sites for hydroxylation is 1. The van der Waals surface area contributed by atoms with E-state index in [0.29, 0.717) is 21.4 Å². The molecule has 3 nitrogen and oxygen atoms in total. The van der Waals surface area contributed by atoms with Crippen LogP contribution in [0.4, 0.5) is 15.8 Å². The van der Waals surface area contributed by atoms with Gasteiger partial charge in [0, 0.05) is 4.47 Å². The maximum Gasteiger partial charge on any atom is 0.256 e. The second kappa shape index (κ2) is 5.40. The molecule has 0 radical (unpaired) electrons. The van der Waals surface area contributed by atoms with E-state index in [4.69, 9.17) is 5.73 Å². The van der Waals surface area contributed by atoms with Crippen LogP contribution in [-0.4, -0.2) is 5.91 Å². The molecular weight excluding hydrogens is 311 g/mol. The number of hydrogen-bond acceptors (Lipinski definition) is 2. The number of nitrogens with two attached hydrogens (primary N) is 1. The minimum Gasteiger partial charge on any atom is -0.397 e. The molecule has 2 aromatic rings. The lowest BCUT2D eigenvalue weighted by Gasteiger charge is -2.11. The Morgan fingerprint density at radius 1 is 1.32 bits per heavy atom. The van der Waals surface area contributed by atoms with Gasteiger partial charge in [0.05, 0.1) is 16.9 Å². The predicted octanol–water partition coefficient (Wildman–Crippen LogP) is 3.73. The molecule has 0 saturated carbocycles. The summed E-state index contributed by atoms with van der Waals surface area (Å²) in [6.45, 7) is 1.85. The standard InChI is InChI=1S/C14H12BrFN2O/c1-8-3-2-4-12(17)13(8)18-14(19)10-6-5-9(16)7-11(10)15/h2-7H,17H2,1H3,(H,18,19). The van der Waals surface area contributed by atoms with E-state index in [9.17, 15) is 9.18 Å². The largest absolute Gasteiger partial charge is 0.397 e. The van der Waals surface area contributed by atoms with Crippen molar-refractivity contribution in [2.45, 2.75) is 6.92 Å². The van der Waals surface area contributed by atoms with Crippen LogP contribution in [0.1, 0.15) is 15.9 Å². The van der Waals surface area contributed by atoms with Gasteiger partial charge in [0.1, 0.15) is 5.82 Å². The summed E-state index contributed by atoms with van der Waals surface area (Å²) in [5.74, 6) is -0.744. The number of carbonyl (C=O) groups excluding carboxylic acids is 1. The Hall–Kier alpha value is -1.88. The van der Waals surface area contributed by atoms with E-state index in [0.717, 1.165) is 5.56 Å². The number of rotatable bonds is 2. The van der Waals surface area contributed by atoms with Crippen molar-refractivity contribution in [1.29, 1.82) is 0 Å². The van der Waals surface area contributed by atoms with Gasteiger partial charge in [-0.25, -0.2) is 4.39 Å². The summed E-state index contributed by atoms with van der Waals surface area (Å²) in [6.07, 6.45) is 0. The molecule has 5 heteroatoms. The first-order valence-corrected chi connectivity index (χ1v) is 6.40. The van der Waals surface area contributed by atoms with Gasteiger partial charge in [-0.1, -0.05) is 12.1 Å². The second-order valence-corrected chi connectivity index (χ2v) is 4.97. The number of halogens is 2. The number of nitrogen functional groups attached to an aromatic ring is 1. The molecular formula is C14H12BrFN2O. The first-order valence-electron chi connectivity index (χ1n) is 5.60. The van der Waals surface area contributed by atoms with E-state index >= 15 is 0 Å². The fourth-order valence-corrected chi connectivity index (χ4v) is 2.25. The van der Waals surface area contributed by atoms with Crippen LogP contribution in [-0.2, 0) is 0 Å². The zero-order valence-corrected chi connectivity index (χ0v) is 11.8. The van der Waals surface area contributed by atoms with Gasteiger partial charge >= 0.3 is 0 Å². The number of benzene rings is 2. The minimum absolute atomic E-state index is 0.340. The Bertz CT molecular complexity index is 623. The quantitative estimate of drug-likeness (QED) is 0.828. The average molecular weight is 323 g/mol. The van der Waals surface area contributed by atoms with Crippen molar-refractivity contribution in [3.8, 4) is 0 Å². The summed E-state index contributed by atoms with van der Waals surface area (Å²) >= 11 is 3.17. The van der Waals surface area contributed by atoms with Crippen LogP contribution < -0.4 is 11.1 Å². The highest BCUT2D eigenvalue weighted by atomic mass is 79.9. The van der Waals surface area contributed by atoms with E-state index < -0.39 is 5.82 Å². The molecule has 98 valence electrons. The van der Waals surface area contributed by atoms with E-state index in [1.54, 1.807) is 6.07 Å². The lowest BCUT2D eigenvalue weighted by atomic mass is 10.1. The van der Waals surface area contributed by atoms with E-state index in [1.165, 1.54) is 18.2 Å². The van der Waals surface area contributed by atoms with Crippen molar-refractivity contribution in [1.82, 2.24) is 0 Å². The molecule has 0 heterocycles. The first kappa shape index (κ1) is 13.5. The minimum atomic E-state index is -0.404. The molecule has 0 aliphatic heterocycles. The van der Waals surface area contributed by atoms with Crippen molar-refractivity contribution in [2.75, 3.05) is 11.1 Å². The molecule has 19 heavy (non-hydrogen) atoms. The van der Waals surface area contributed by atoms with Crippen molar-refractivity contribution in [2.24, 2.45) is 0 Å². The van der Waals surface area contributed by atoms with E-state index in [1.807, 2.05) is 19.1 Å². The maximum atomic E-state index is 13.0. The summed E-state index contributed by atoms with van der Waals surface area (Å²) in [4.78, 5) is 12.1. The van der Waals surface area contributed by atoms with Gasteiger partial charge in [-0.3, -0.25) is 4.79 Å². The molecule has 2 rings (SSSR count). The van der Waals surface area contributed by atoms with Gasteiger partial charge < -0.3 is 11.1 Å². The Labute approximate surface area is 118 Å². The number of carbonyl (C=O) groups is 1. The van der Waals surface area contributed by atoms with Crippen LogP contribution in [0, 0.1) is 12.7 Å². The Balaban J connectivity index is 2.31. The van der Waals surface area contributed by atoms with Crippen molar-refractivity contribution in [3.05, 3.63) is 57.8 Å². The number of hydrogen-bond donors (Lipinski definition) is 2. The van der Waals surface area contributed by atoms with E-state index in [-0.39, 0.29) is 5.91 Å². The van der Waals surface area contributed by atoms with Gasteiger partial charge in [-0.05, 0) is 52.7 Å². The topological polar surface area (TPSA) is 55.1 Å². The molecule has 0 saturated heterocycles. The molecule has 0 aliphatic rings. The van der Waals surface area contributed by atoms with E-state index in [2.05, 4.69) is 21.2 Å². The second-order valence-electron chi connectivity index (χ2n) is 4.12. The molecule has 0 aromatic heterocycles. The SMILES string of the molecule is Cc1cccc(N)c1NC(=O)c1ccc(F)cc1Br. The summed E-state index contributed by atoms with van der Waals surface area (Å²) in [6, 6.07) is 9.28. The fourth-order valence-electron chi connectivity index (χ4n) is 1.72. The van der Waals surface area contributed by atoms with Crippen LogP contribution >= 0.6 is 15.9 Å². The normalized spacial score (nSPS) is 10.3. The summed E-state index contributed by atoms with van der Waals surface area (Å²) < 4.78 is 13.4. The molecule has 3 N–H and O–H groups in total. The zero-order valence-electron chi connectivity index (χ0n) is 10.2. The van der Waals surface area contributed by atoms with Gasteiger partial charge in [-0.15, -0.1) is 0 Å². The molecule has 0 unspecified atom stereocenters. The number of amides is 1. The molecule has 1 amide bonds. The number of nitrogens with one attached hydrogen (secondary N) is 1.